The van der Waals surface area contributed by atoms with E-state index in [2.05, 4.69) is 21.3 Å². The summed E-state index contributed by atoms with van der Waals surface area (Å²) in [7, 11) is 2.59. The summed E-state index contributed by atoms with van der Waals surface area (Å²) in [6.07, 6.45) is 0. The molecule has 0 rings (SSSR count). The molecule has 5 nitrogen and oxygen atoms in total. The second-order valence-corrected chi connectivity index (χ2v) is 2.72. The summed E-state index contributed by atoms with van der Waals surface area (Å²) in [4.78, 5) is 23.5. The largest absolute Gasteiger partial charge is 0.468 e. The minimum absolute atomic E-state index is 0.0281. The number of ether oxygens (including phenoxy) is 2. The fourth-order valence-corrected chi connectivity index (χ4v) is 0.853. The van der Waals surface area contributed by atoms with E-state index in [0.29, 0.717) is 6.54 Å². The zero-order valence-corrected chi connectivity index (χ0v) is 9.20. The van der Waals surface area contributed by atoms with Crippen LogP contribution in [0.5, 0.6) is 0 Å². The van der Waals surface area contributed by atoms with Gasteiger partial charge in [-0.15, -0.1) is 5.92 Å². The van der Waals surface area contributed by atoms with Gasteiger partial charge in [-0.05, 0) is 6.92 Å². The molecule has 0 unspecified atom stereocenters. The first-order valence-corrected chi connectivity index (χ1v) is 4.39. The van der Waals surface area contributed by atoms with Gasteiger partial charge < -0.3 is 9.47 Å². The molecule has 0 atom stereocenters. The van der Waals surface area contributed by atoms with Crippen molar-refractivity contribution in [2.24, 2.45) is 0 Å². The zero-order valence-electron chi connectivity index (χ0n) is 9.20. The van der Waals surface area contributed by atoms with E-state index in [9.17, 15) is 9.59 Å². The molecule has 0 fully saturated rings. The molecule has 15 heavy (non-hydrogen) atoms. The Morgan fingerprint density at radius 3 is 1.93 bits per heavy atom. The van der Waals surface area contributed by atoms with Crippen LogP contribution < -0.4 is 0 Å². The lowest BCUT2D eigenvalue weighted by Crippen LogP contribution is -2.35. The Labute approximate surface area is 89.3 Å². The smallest absolute Gasteiger partial charge is 0.319 e. The molecule has 0 bridgehead atoms. The highest BCUT2D eigenvalue weighted by Crippen LogP contribution is 1.90. The lowest BCUT2D eigenvalue weighted by molar-refractivity contribution is -0.145. The van der Waals surface area contributed by atoms with Crippen LogP contribution in [0.1, 0.15) is 6.92 Å². The van der Waals surface area contributed by atoms with Gasteiger partial charge in [0.2, 0.25) is 0 Å². The van der Waals surface area contributed by atoms with Gasteiger partial charge in [0.25, 0.3) is 0 Å². The molecule has 0 aliphatic carbocycles. The molecule has 0 radical (unpaired) electrons. The highest BCUT2D eigenvalue weighted by molar-refractivity contribution is 5.74. The van der Waals surface area contributed by atoms with Gasteiger partial charge in [-0.2, -0.15) is 0 Å². The summed E-state index contributed by atoms with van der Waals surface area (Å²) in [5.74, 6) is 4.64. The van der Waals surface area contributed by atoms with Gasteiger partial charge in [0, 0.05) is 0 Å². The third-order valence-electron chi connectivity index (χ3n) is 1.64. The molecule has 0 aliphatic rings. The van der Waals surface area contributed by atoms with E-state index in [-0.39, 0.29) is 13.1 Å². The molecule has 0 aliphatic heterocycles. The molecule has 0 heterocycles. The third-order valence-corrected chi connectivity index (χ3v) is 1.64. The van der Waals surface area contributed by atoms with Gasteiger partial charge in [-0.1, -0.05) is 5.92 Å². The van der Waals surface area contributed by atoms with Gasteiger partial charge in [-0.25, -0.2) is 0 Å². The molecule has 5 heteroatoms. The van der Waals surface area contributed by atoms with Crippen LogP contribution in [0.15, 0.2) is 0 Å². The Bertz CT molecular complexity index is 259. The number of methoxy groups -OCH3 is 2. The van der Waals surface area contributed by atoms with E-state index < -0.39 is 11.9 Å². The quantitative estimate of drug-likeness (QED) is 0.462. The second kappa shape index (κ2) is 7.83. The van der Waals surface area contributed by atoms with Gasteiger partial charge in [0.1, 0.15) is 0 Å². The minimum Gasteiger partial charge on any atom is -0.468 e. The van der Waals surface area contributed by atoms with Crippen molar-refractivity contribution in [3.63, 3.8) is 0 Å². The standard InChI is InChI=1S/C10H15NO4/c1-4-5-6-11(7-9(12)14-2)8-10(13)15-3/h6-8H2,1-3H3. The first kappa shape index (κ1) is 13.5. The predicted octanol–water partition coefficient (Wildman–Crippen LogP) is -0.342. The van der Waals surface area contributed by atoms with Gasteiger partial charge >= 0.3 is 11.9 Å². The predicted molar refractivity (Wildman–Crippen MR) is 53.9 cm³/mol. The van der Waals surface area contributed by atoms with Crippen LogP contribution in [0.3, 0.4) is 0 Å². The van der Waals surface area contributed by atoms with Crippen LogP contribution in [-0.2, 0) is 19.1 Å². The van der Waals surface area contributed by atoms with E-state index in [0.717, 1.165) is 0 Å². The summed E-state index contributed by atoms with van der Waals surface area (Å²) < 4.78 is 8.99. The number of carbonyl (C=O) groups excluding carboxylic acids is 2. The summed E-state index contributed by atoms with van der Waals surface area (Å²) in [5, 5.41) is 0. The summed E-state index contributed by atoms with van der Waals surface area (Å²) in [6, 6.07) is 0. The molecule has 0 aromatic carbocycles. The number of hydrogen-bond acceptors (Lipinski definition) is 5. The number of nitrogens with zero attached hydrogens (tertiary/aromatic N) is 1. The molecular formula is C10H15NO4. The lowest BCUT2D eigenvalue weighted by atomic mass is 10.4. The Morgan fingerprint density at radius 2 is 1.60 bits per heavy atom. The van der Waals surface area contributed by atoms with Crippen molar-refractivity contribution in [1.82, 2.24) is 4.90 Å². The first-order chi connectivity index (χ1) is 7.13. The normalized spacial score (nSPS) is 9.07. The number of esters is 2. The molecular weight excluding hydrogens is 198 g/mol. The van der Waals surface area contributed by atoms with Crippen molar-refractivity contribution in [2.75, 3.05) is 33.9 Å². The van der Waals surface area contributed by atoms with Crippen LogP contribution in [0.4, 0.5) is 0 Å². The van der Waals surface area contributed by atoms with Crippen molar-refractivity contribution in [3.8, 4) is 11.8 Å². The maximum Gasteiger partial charge on any atom is 0.319 e. The minimum atomic E-state index is -0.406. The Hall–Kier alpha value is -1.54. The highest BCUT2D eigenvalue weighted by atomic mass is 16.5. The van der Waals surface area contributed by atoms with E-state index in [1.807, 2.05) is 0 Å². The molecule has 0 N–H and O–H groups in total. The molecule has 0 saturated heterocycles. The van der Waals surface area contributed by atoms with E-state index in [1.165, 1.54) is 14.2 Å². The monoisotopic (exact) mass is 213 g/mol. The fourth-order valence-electron chi connectivity index (χ4n) is 0.853. The second-order valence-electron chi connectivity index (χ2n) is 2.72. The molecule has 0 spiro atoms. The average molecular weight is 213 g/mol. The van der Waals surface area contributed by atoms with Crippen LogP contribution in [0.2, 0.25) is 0 Å². The summed E-state index contributed by atoms with van der Waals surface area (Å²) in [6.45, 7) is 2.08. The number of hydrogen-bond donors (Lipinski definition) is 0. The molecule has 84 valence electrons. The van der Waals surface area contributed by atoms with Crippen LogP contribution in [-0.4, -0.2) is 50.7 Å². The Kier molecular flexibility index (Phi) is 7.02. The molecule has 0 amide bonds. The number of carbonyl (C=O) groups is 2. The van der Waals surface area contributed by atoms with Crippen LogP contribution >= 0.6 is 0 Å². The van der Waals surface area contributed by atoms with Crippen LogP contribution in [0, 0.1) is 11.8 Å². The highest BCUT2D eigenvalue weighted by Gasteiger charge is 2.13. The Morgan fingerprint density at radius 1 is 1.13 bits per heavy atom. The van der Waals surface area contributed by atoms with Gasteiger partial charge in [-0.3, -0.25) is 14.5 Å². The average Bonchev–Trinajstić information content (AvgIpc) is 2.25. The van der Waals surface area contributed by atoms with Crippen molar-refractivity contribution in [2.45, 2.75) is 6.92 Å². The first-order valence-electron chi connectivity index (χ1n) is 4.39. The number of rotatable bonds is 5. The van der Waals surface area contributed by atoms with E-state index >= 15 is 0 Å². The Balaban J connectivity index is 4.21. The maximum absolute atomic E-state index is 11.0. The third kappa shape index (κ3) is 6.52. The SMILES string of the molecule is CC#CCN(CC(=O)OC)CC(=O)OC. The summed E-state index contributed by atoms with van der Waals surface area (Å²) in [5.41, 5.74) is 0. The molecule has 0 aromatic heterocycles. The topological polar surface area (TPSA) is 55.8 Å². The van der Waals surface area contributed by atoms with Crippen molar-refractivity contribution >= 4 is 11.9 Å². The molecule has 0 aromatic rings. The van der Waals surface area contributed by atoms with Gasteiger partial charge in [0.05, 0.1) is 33.9 Å². The van der Waals surface area contributed by atoms with Gasteiger partial charge in [0.15, 0.2) is 0 Å². The van der Waals surface area contributed by atoms with Crippen molar-refractivity contribution < 1.29 is 19.1 Å². The molecule has 0 saturated carbocycles. The lowest BCUT2D eigenvalue weighted by Gasteiger charge is -2.16. The zero-order chi connectivity index (χ0) is 11.7. The maximum atomic E-state index is 11.0. The fraction of sp³-hybridized carbons (Fsp3) is 0.600. The van der Waals surface area contributed by atoms with Crippen molar-refractivity contribution in [3.05, 3.63) is 0 Å². The van der Waals surface area contributed by atoms with E-state index in [1.54, 1.807) is 11.8 Å². The van der Waals surface area contributed by atoms with Crippen LogP contribution in [0.25, 0.3) is 0 Å². The van der Waals surface area contributed by atoms with Crippen molar-refractivity contribution in [1.29, 1.82) is 0 Å². The van der Waals surface area contributed by atoms with E-state index in [4.69, 9.17) is 0 Å². The summed E-state index contributed by atoms with van der Waals surface area (Å²) >= 11 is 0.